The average Bonchev–Trinajstić information content (AvgIpc) is 2.33. The Morgan fingerprint density at radius 1 is 1.17 bits per heavy atom. The second-order valence-corrected chi connectivity index (χ2v) is 8.13. The van der Waals surface area contributed by atoms with E-state index in [4.69, 9.17) is 0 Å². The molecule has 0 heterocycles. The van der Waals surface area contributed by atoms with E-state index in [1.807, 2.05) is 20.8 Å². The Bertz CT molecular complexity index is 709. The van der Waals surface area contributed by atoms with Gasteiger partial charge in [-0.2, -0.15) is 0 Å². The van der Waals surface area contributed by atoms with E-state index < -0.39 is 33.2 Å². The number of sulfonamides is 1. The summed E-state index contributed by atoms with van der Waals surface area (Å²) in [6.45, 7) is 6.69. The number of benzene rings is 1. The first kappa shape index (κ1) is 19.1. The predicted molar refractivity (Wildman–Crippen MR) is 83.5 cm³/mol. The molecule has 8 heteroatoms. The third-order valence-electron chi connectivity index (χ3n) is 2.76. The minimum atomic E-state index is -4.32. The zero-order chi connectivity index (χ0) is 17.8. The van der Waals surface area contributed by atoms with Gasteiger partial charge in [-0.3, -0.25) is 9.59 Å². The molecule has 0 fully saturated rings. The number of amides is 2. The van der Waals surface area contributed by atoms with Crippen LogP contribution in [0.25, 0.3) is 0 Å². The summed E-state index contributed by atoms with van der Waals surface area (Å²) in [7, 11) is -4.32. The number of carbonyl (C=O) groups is 2. The number of rotatable bonds is 5. The number of aryl methyl sites for hydroxylation is 1. The van der Waals surface area contributed by atoms with Gasteiger partial charge in [0.15, 0.2) is 0 Å². The van der Waals surface area contributed by atoms with Gasteiger partial charge in [-0.05, 0) is 30.0 Å². The van der Waals surface area contributed by atoms with Gasteiger partial charge in [0, 0.05) is 6.42 Å². The number of hydrogen-bond acceptors (Lipinski definition) is 4. The molecule has 0 spiro atoms. The van der Waals surface area contributed by atoms with Crippen LogP contribution < -0.4 is 10.0 Å². The van der Waals surface area contributed by atoms with Crippen molar-refractivity contribution in [3.05, 3.63) is 29.6 Å². The predicted octanol–water partition coefficient (Wildman–Crippen LogP) is 1.49. The monoisotopic (exact) mass is 344 g/mol. The van der Waals surface area contributed by atoms with E-state index in [0.717, 1.165) is 12.1 Å². The number of carbonyl (C=O) groups excluding carboxylic acids is 2. The van der Waals surface area contributed by atoms with E-state index in [0.29, 0.717) is 5.56 Å². The molecule has 23 heavy (non-hydrogen) atoms. The SMILES string of the molecule is Cc1ccc(S(=O)(=O)NC(=O)CNC(=O)CC(C)(C)C)c(F)c1. The molecule has 0 aliphatic rings. The summed E-state index contributed by atoms with van der Waals surface area (Å²) >= 11 is 0. The maximum absolute atomic E-state index is 13.7. The lowest BCUT2D eigenvalue weighted by molar-refractivity contribution is -0.126. The fourth-order valence-electron chi connectivity index (χ4n) is 1.79. The van der Waals surface area contributed by atoms with Crippen LogP contribution in [0, 0.1) is 18.2 Å². The minimum Gasteiger partial charge on any atom is -0.347 e. The number of hydrogen-bond donors (Lipinski definition) is 2. The van der Waals surface area contributed by atoms with Crippen LogP contribution in [0.4, 0.5) is 4.39 Å². The van der Waals surface area contributed by atoms with Gasteiger partial charge < -0.3 is 5.32 Å². The second kappa shape index (κ2) is 7.08. The number of halogens is 1. The normalized spacial score (nSPS) is 11.9. The molecule has 0 saturated heterocycles. The standard InChI is InChI=1S/C15H21FN2O4S/c1-10-5-6-12(11(16)7-10)23(21,22)18-14(20)9-17-13(19)8-15(2,3)4/h5-7H,8-9H2,1-4H3,(H,17,19)(H,18,20). The first-order valence-electron chi connectivity index (χ1n) is 6.99. The molecule has 128 valence electrons. The largest absolute Gasteiger partial charge is 0.347 e. The summed E-state index contributed by atoms with van der Waals surface area (Å²) in [6.07, 6.45) is 0.194. The molecule has 6 nitrogen and oxygen atoms in total. The molecular weight excluding hydrogens is 323 g/mol. The third-order valence-corrected chi connectivity index (χ3v) is 4.17. The summed E-state index contributed by atoms with van der Waals surface area (Å²) in [4.78, 5) is 22.6. The van der Waals surface area contributed by atoms with Gasteiger partial charge in [0.1, 0.15) is 10.7 Å². The molecule has 1 aromatic carbocycles. The maximum Gasteiger partial charge on any atom is 0.267 e. The van der Waals surface area contributed by atoms with Crippen molar-refractivity contribution in [1.82, 2.24) is 10.0 Å². The highest BCUT2D eigenvalue weighted by molar-refractivity contribution is 7.90. The van der Waals surface area contributed by atoms with Gasteiger partial charge in [-0.1, -0.05) is 26.8 Å². The van der Waals surface area contributed by atoms with E-state index in [2.05, 4.69) is 5.32 Å². The molecule has 0 aliphatic carbocycles. The smallest absolute Gasteiger partial charge is 0.267 e. The van der Waals surface area contributed by atoms with Crippen LogP contribution in [0.2, 0.25) is 0 Å². The van der Waals surface area contributed by atoms with Crippen LogP contribution in [0.1, 0.15) is 32.8 Å². The highest BCUT2D eigenvalue weighted by Crippen LogP contribution is 2.18. The lowest BCUT2D eigenvalue weighted by Gasteiger charge is -2.17. The summed E-state index contributed by atoms with van der Waals surface area (Å²) < 4.78 is 39.4. The highest BCUT2D eigenvalue weighted by Gasteiger charge is 2.22. The molecule has 0 radical (unpaired) electrons. The van der Waals surface area contributed by atoms with Gasteiger partial charge in [0.05, 0.1) is 6.54 Å². The second-order valence-electron chi connectivity index (χ2n) is 6.48. The Labute approximate surface area is 135 Å². The molecule has 0 unspecified atom stereocenters. The molecule has 1 rings (SSSR count). The molecule has 2 N–H and O–H groups in total. The molecule has 0 aromatic heterocycles. The molecule has 0 bridgehead atoms. The van der Waals surface area contributed by atoms with Crippen molar-refractivity contribution in [1.29, 1.82) is 0 Å². The van der Waals surface area contributed by atoms with Crippen molar-refractivity contribution in [2.75, 3.05) is 6.54 Å². The topological polar surface area (TPSA) is 92.3 Å². The highest BCUT2D eigenvalue weighted by atomic mass is 32.2. The Balaban J connectivity index is 2.68. The van der Waals surface area contributed by atoms with Crippen LogP contribution in [0.3, 0.4) is 0 Å². The molecule has 2 amide bonds. The van der Waals surface area contributed by atoms with Gasteiger partial charge in [0.2, 0.25) is 5.91 Å². The summed E-state index contributed by atoms with van der Waals surface area (Å²) in [6, 6.07) is 3.57. The van der Waals surface area contributed by atoms with Gasteiger partial charge in [-0.25, -0.2) is 17.5 Å². The van der Waals surface area contributed by atoms with Crippen molar-refractivity contribution in [2.24, 2.45) is 5.41 Å². The van der Waals surface area contributed by atoms with Crippen LogP contribution >= 0.6 is 0 Å². The minimum absolute atomic E-state index is 0.194. The fraction of sp³-hybridized carbons (Fsp3) is 0.467. The van der Waals surface area contributed by atoms with Crippen molar-refractivity contribution < 1.29 is 22.4 Å². The quantitative estimate of drug-likeness (QED) is 0.846. The molecule has 0 saturated carbocycles. The third kappa shape index (κ3) is 6.35. The van der Waals surface area contributed by atoms with Crippen molar-refractivity contribution >= 4 is 21.8 Å². The molecule has 0 aliphatic heterocycles. The van der Waals surface area contributed by atoms with E-state index in [-0.39, 0.29) is 17.7 Å². The van der Waals surface area contributed by atoms with E-state index in [1.165, 1.54) is 6.07 Å². The maximum atomic E-state index is 13.7. The zero-order valence-electron chi connectivity index (χ0n) is 13.6. The summed E-state index contributed by atoms with van der Waals surface area (Å²) in [5, 5.41) is 2.33. The Morgan fingerprint density at radius 2 is 1.78 bits per heavy atom. The zero-order valence-corrected chi connectivity index (χ0v) is 14.4. The average molecular weight is 344 g/mol. The van der Waals surface area contributed by atoms with E-state index in [9.17, 15) is 22.4 Å². The Kier molecular flexibility index (Phi) is 5.87. The van der Waals surface area contributed by atoms with Gasteiger partial charge >= 0.3 is 0 Å². The van der Waals surface area contributed by atoms with Crippen LogP contribution in [0.5, 0.6) is 0 Å². The van der Waals surface area contributed by atoms with Crippen molar-refractivity contribution in [3.63, 3.8) is 0 Å². The van der Waals surface area contributed by atoms with Crippen LogP contribution in [-0.2, 0) is 19.6 Å². The van der Waals surface area contributed by atoms with Crippen LogP contribution in [-0.4, -0.2) is 26.8 Å². The molecular formula is C15H21FN2O4S. The summed E-state index contributed by atoms with van der Waals surface area (Å²) in [5.41, 5.74) is 0.305. The first-order valence-corrected chi connectivity index (χ1v) is 8.47. The van der Waals surface area contributed by atoms with E-state index >= 15 is 0 Å². The molecule has 1 aromatic rings. The van der Waals surface area contributed by atoms with Crippen molar-refractivity contribution in [3.8, 4) is 0 Å². The first-order chi connectivity index (χ1) is 10.4. The van der Waals surface area contributed by atoms with Gasteiger partial charge in [-0.15, -0.1) is 0 Å². The van der Waals surface area contributed by atoms with Crippen LogP contribution in [0.15, 0.2) is 23.1 Å². The lowest BCUT2D eigenvalue weighted by atomic mass is 9.92. The molecule has 0 atom stereocenters. The Hall–Kier alpha value is -1.96. The fourth-order valence-corrected chi connectivity index (χ4v) is 2.83. The van der Waals surface area contributed by atoms with E-state index in [1.54, 1.807) is 11.6 Å². The Morgan fingerprint density at radius 3 is 2.30 bits per heavy atom. The van der Waals surface area contributed by atoms with Gasteiger partial charge in [0.25, 0.3) is 15.9 Å². The lowest BCUT2D eigenvalue weighted by Crippen LogP contribution is -2.40. The van der Waals surface area contributed by atoms with Crippen molar-refractivity contribution in [2.45, 2.75) is 39.0 Å². The number of nitrogens with one attached hydrogen (secondary N) is 2. The summed E-state index contributed by atoms with van der Waals surface area (Å²) in [5.74, 6) is -2.25.